The molecule has 1 aliphatic carbocycles. The van der Waals surface area contributed by atoms with Crippen molar-refractivity contribution in [2.24, 2.45) is 0 Å². The molecule has 5 nitrogen and oxygen atoms in total. The van der Waals surface area contributed by atoms with Crippen LogP contribution in [0.4, 0.5) is 0 Å². The Kier molecular flexibility index (Phi) is 5.81. The summed E-state index contributed by atoms with van der Waals surface area (Å²) >= 11 is 0. The molecule has 0 spiro atoms. The van der Waals surface area contributed by atoms with E-state index in [0.29, 0.717) is 18.7 Å². The molecule has 116 valence electrons. The number of rotatable bonds is 4. The zero-order valence-electron chi connectivity index (χ0n) is 13.0. The van der Waals surface area contributed by atoms with E-state index in [4.69, 9.17) is 4.74 Å². The molecule has 1 heterocycles. The van der Waals surface area contributed by atoms with Crippen LogP contribution in [0.5, 0.6) is 0 Å². The number of ether oxygens (including phenoxy) is 1. The van der Waals surface area contributed by atoms with Crippen molar-refractivity contribution in [2.75, 3.05) is 26.8 Å². The van der Waals surface area contributed by atoms with Crippen LogP contribution in [-0.4, -0.2) is 61.8 Å². The van der Waals surface area contributed by atoms with E-state index in [1.165, 1.54) is 25.7 Å². The van der Waals surface area contributed by atoms with Crippen LogP contribution in [-0.2, 0) is 9.53 Å². The first-order chi connectivity index (χ1) is 9.61. The number of hydrogen-bond acceptors (Lipinski definition) is 4. The van der Waals surface area contributed by atoms with E-state index in [1.807, 2.05) is 20.9 Å². The third kappa shape index (κ3) is 3.93. The quantitative estimate of drug-likeness (QED) is 0.799. The number of carbonyl (C=O) groups excluding carboxylic acids is 1. The lowest BCUT2D eigenvalue weighted by Gasteiger charge is -2.43. The summed E-state index contributed by atoms with van der Waals surface area (Å²) in [5.74, 6) is 0.121. The van der Waals surface area contributed by atoms with E-state index < -0.39 is 0 Å². The zero-order valence-corrected chi connectivity index (χ0v) is 13.0. The molecule has 2 N–H and O–H groups in total. The lowest BCUT2D eigenvalue weighted by atomic mass is 9.89. The van der Waals surface area contributed by atoms with Gasteiger partial charge in [0.25, 0.3) is 0 Å². The highest BCUT2D eigenvalue weighted by atomic mass is 16.5. The smallest absolute Gasteiger partial charge is 0.239 e. The van der Waals surface area contributed by atoms with Crippen LogP contribution in [0.25, 0.3) is 0 Å². The Morgan fingerprint density at radius 1 is 1.25 bits per heavy atom. The molecule has 2 fully saturated rings. The van der Waals surface area contributed by atoms with Gasteiger partial charge < -0.3 is 15.4 Å². The molecular formula is C15H29N3O2. The molecule has 1 atom stereocenters. The topological polar surface area (TPSA) is 53.6 Å². The van der Waals surface area contributed by atoms with Gasteiger partial charge in [0.05, 0.1) is 13.2 Å². The number of carbonyl (C=O) groups is 1. The molecule has 2 rings (SSSR count). The highest BCUT2D eigenvalue weighted by Crippen LogP contribution is 2.26. The number of nitrogens with zero attached hydrogens (tertiary/aromatic N) is 1. The van der Waals surface area contributed by atoms with Gasteiger partial charge >= 0.3 is 0 Å². The molecule has 5 heteroatoms. The highest BCUT2D eigenvalue weighted by molar-refractivity contribution is 5.82. The first-order valence-electron chi connectivity index (χ1n) is 7.93. The van der Waals surface area contributed by atoms with Crippen molar-refractivity contribution < 1.29 is 9.53 Å². The molecule has 1 saturated heterocycles. The third-order valence-corrected chi connectivity index (χ3v) is 4.48. The SMILES string of the molecule is CNC1CCC(N2CCOCC2C(=O)NC(C)C)CC1. The average molecular weight is 283 g/mol. The third-order valence-electron chi connectivity index (χ3n) is 4.48. The van der Waals surface area contributed by atoms with Crippen molar-refractivity contribution in [3.05, 3.63) is 0 Å². The summed E-state index contributed by atoms with van der Waals surface area (Å²) in [6.45, 7) is 6.17. The van der Waals surface area contributed by atoms with Crippen LogP contribution in [0.15, 0.2) is 0 Å². The van der Waals surface area contributed by atoms with Crippen molar-refractivity contribution in [3.63, 3.8) is 0 Å². The van der Waals surface area contributed by atoms with Crippen LogP contribution in [0.2, 0.25) is 0 Å². The van der Waals surface area contributed by atoms with Gasteiger partial charge in [-0.3, -0.25) is 9.69 Å². The Morgan fingerprint density at radius 3 is 2.55 bits per heavy atom. The lowest BCUT2D eigenvalue weighted by Crippen LogP contribution is -2.58. The Labute approximate surface area is 122 Å². The van der Waals surface area contributed by atoms with Crippen molar-refractivity contribution in [1.29, 1.82) is 0 Å². The fourth-order valence-electron chi connectivity index (χ4n) is 3.36. The molecule has 1 aliphatic heterocycles. The van der Waals surface area contributed by atoms with Crippen LogP contribution >= 0.6 is 0 Å². The summed E-state index contributed by atoms with van der Waals surface area (Å²) < 4.78 is 5.53. The molecule has 0 aromatic heterocycles. The first kappa shape index (κ1) is 15.7. The van der Waals surface area contributed by atoms with Crippen LogP contribution in [0.1, 0.15) is 39.5 Å². The summed E-state index contributed by atoms with van der Waals surface area (Å²) in [7, 11) is 2.04. The molecule has 0 aromatic rings. The summed E-state index contributed by atoms with van der Waals surface area (Å²) in [4.78, 5) is 14.7. The van der Waals surface area contributed by atoms with E-state index >= 15 is 0 Å². The number of amides is 1. The van der Waals surface area contributed by atoms with Crippen LogP contribution < -0.4 is 10.6 Å². The van der Waals surface area contributed by atoms with Gasteiger partial charge in [-0.1, -0.05) is 0 Å². The molecule has 0 bridgehead atoms. The molecule has 1 amide bonds. The standard InChI is InChI=1S/C15H29N3O2/c1-11(2)17-15(19)14-10-20-9-8-18(14)13-6-4-12(16-3)5-7-13/h11-14,16H,4-10H2,1-3H3,(H,17,19). The summed E-state index contributed by atoms with van der Waals surface area (Å²) in [6, 6.07) is 1.26. The second kappa shape index (κ2) is 7.38. The Bertz CT molecular complexity index is 314. The number of morpholine rings is 1. The van der Waals surface area contributed by atoms with Gasteiger partial charge in [-0.2, -0.15) is 0 Å². The van der Waals surface area contributed by atoms with E-state index in [9.17, 15) is 4.79 Å². The van der Waals surface area contributed by atoms with Crippen molar-refractivity contribution in [3.8, 4) is 0 Å². The second-order valence-corrected chi connectivity index (χ2v) is 6.29. The van der Waals surface area contributed by atoms with Gasteiger partial charge in [0, 0.05) is 24.7 Å². The van der Waals surface area contributed by atoms with Gasteiger partial charge in [-0.15, -0.1) is 0 Å². The van der Waals surface area contributed by atoms with Gasteiger partial charge in [0.15, 0.2) is 0 Å². The Balaban J connectivity index is 1.95. The van der Waals surface area contributed by atoms with Crippen LogP contribution in [0.3, 0.4) is 0 Å². The maximum atomic E-state index is 12.3. The molecule has 2 aliphatic rings. The normalized spacial score (nSPS) is 32.3. The van der Waals surface area contributed by atoms with Gasteiger partial charge in [-0.05, 0) is 46.6 Å². The minimum Gasteiger partial charge on any atom is -0.378 e. The first-order valence-corrected chi connectivity index (χ1v) is 7.93. The van der Waals surface area contributed by atoms with E-state index in [0.717, 1.165) is 13.2 Å². The molecular weight excluding hydrogens is 254 g/mol. The Hall–Kier alpha value is -0.650. The van der Waals surface area contributed by atoms with Gasteiger partial charge in [0.1, 0.15) is 6.04 Å². The maximum absolute atomic E-state index is 12.3. The average Bonchev–Trinajstić information content (AvgIpc) is 2.46. The van der Waals surface area contributed by atoms with Gasteiger partial charge in [-0.25, -0.2) is 0 Å². The molecule has 20 heavy (non-hydrogen) atoms. The second-order valence-electron chi connectivity index (χ2n) is 6.29. The maximum Gasteiger partial charge on any atom is 0.239 e. The lowest BCUT2D eigenvalue weighted by molar-refractivity contribution is -0.135. The molecule has 1 saturated carbocycles. The predicted octanol–water partition coefficient (Wildman–Crippen LogP) is 0.742. The summed E-state index contributed by atoms with van der Waals surface area (Å²) in [6.07, 6.45) is 4.77. The van der Waals surface area contributed by atoms with Gasteiger partial charge in [0.2, 0.25) is 5.91 Å². The highest BCUT2D eigenvalue weighted by Gasteiger charge is 2.35. The fourth-order valence-corrected chi connectivity index (χ4v) is 3.36. The zero-order chi connectivity index (χ0) is 14.5. The minimum absolute atomic E-state index is 0.109. The molecule has 1 unspecified atom stereocenters. The predicted molar refractivity (Wildman–Crippen MR) is 79.7 cm³/mol. The van der Waals surface area contributed by atoms with E-state index in [1.54, 1.807) is 0 Å². The fraction of sp³-hybridized carbons (Fsp3) is 0.933. The number of nitrogens with one attached hydrogen (secondary N) is 2. The van der Waals surface area contributed by atoms with Crippen molar-refractivity contribution in [1.82, 2.24) is 15.5 Å². The molecule has 0 aromatic carbocycles. The Morgan fingerprint density at radius 2 is 1.95 bits per heavy atom. The van der Waals surface area contributed by atoms with Crippen molar-refractivity contribution >= 4 is 5.91 Å². The summed E-state index contributed by atoms with van der Waals surface area (Å²) in [5.41, 5.74) is 0. The largest absolute Gasteiger partial charge is 0.378 e. The van der Waals surface area contributed by atoms with Crippen LogP contribution in [0, 0.1) is 0 Å². The van der Waals surface area contributed by atoms with E-state index in [-0.39, 0.29) is 18.0 Å². The molecule has 0 radical (unpaired) electrons. The van der Waals surface area contributed by atoms with E-state index in [2.05, 4.69) is 15.5 Å². The monoisotopic (exact) mass is 283 g/mol. The summed E-state index contributed by atoms with van der Waals surface area (Å²) in [5, 5.41) is 6.39. The van der Waals surface area contributed by atoms with Crippen molar-refractivity contribution in [2.45, 2.75) is 63.7 Å². The number of hydrogen-bond donors (Lipinski definition) is 2. The minimum atomic E-state index is -0.109.